The van der Waals surface area contributed by atoms with Crippen LogP contribution in [0.1, 0.15) is 43.1 Å². The summed E-state index contributed by atoms with van der Waals surface area (Å²) < 4.78 is 9.98. The largest absolute Gasteiger partial charge is 0.463 e. The zero-order valence-electron chi connectivity index (χ0n) is 11.3. The smallest absolute Gasteiger partial charge is 0.373 e. The van der Waals surface area contributed by atoms with Gasteiger partial charge in [-0.2, -0.15) is 0 Å². The van der Waals surface area contributed by atoms with Crippen molar-refractivity contribution in [2.75, 3.05) is 13.7 Å². The highest BCUT2D eigenvalue weighted by Crippen LogP contribution is 2.18. The lowest BCUT2D eigenvalue weighted by molar-refractivity contribution is 0.0561. The molecule has 0 aliphatic heterocycles. The molecule has 1 aromatic rings. The highest BCUT2D eigenvalue weighted by atomic mass is 16.5. The minimum Gasteiger partial charge on any atom is -0.463 e. The van der Waals surface area contributed by atoms with E-state index < -0.39 is 5.97 Å². The summed E-state index contributed by atoms with van der Waals surface area (Å²) in [5.74, 6) is 0.657. The number of furan rings is 1. The first-order chi connectivity index (χ1) is 8.49. The molecule has 0 saturated heterocycles. The number of esters is 1. The first-order valence-electron chi connectivity index (χ1n) is 6.04. The van der Waals surface area contributed by atoms with E-state index in [1.807, 2.05) is 20.8 Å². The van der Waals surface area contributed by atoms with Crippen LogP contribution in [-0.2, 0) is 4.74 Å². The molecule has 0 radical (unpaired) electrons. The van der Waals surface area contributed by atoms with E-state index in [9.17, 15) is 9.90 Å². The van der Waals surface area contributed by atoms with E-state index in [2.05, 4.69) is 10.1 Å². The lowest BCUT2D eigenvalue weighted by atomic mass is 10.0. The van der Waals surface area contributed by atoms with Gasteiger partial charge in [0.15, 0.2) is 0 Å². The maximum Gasteiger partial charge on any atom is 0.373 e. The molecule has 0 saturated carbocycles. The van der Waals surface area contributed by atoms with Crippen LogP contribution in [-0.4, -0.2) is 30.8 Å². The summed E-state index contributed by atoms with van der Waals surface area (Å²) in [4.78, 5) is 11.3. The molecule has 0 aliphatic carbocycles. The van der Waals surface area contributed by atoms with Crippen molar-refractivity contribution in [2.45, 2.75) is 32.9 Å². The van der Waals surface area contributed by atoms with Gasteiger partial charge in [0.1, 0.15) is 5.76 Å². The number of hydrogen-bond donors (Lipinski definition) is 2. The molecule has 0 spiro atoms. The van der Waals surface area contributed by atoms with E-state index in [0.29, 0.717) is 11.7 Å². The molecule has 102 valence electrons. The standard InChI is InChI=1S/C13H21NO4/c1-8(2)10(7-15)14-9(3)11-5-6-12(18-11)13(16)17-4/h5-6,8-10,14-15H,7H2,1-4H3. The van der Waals surface area contributed by atoms with Crippen molar-refractivity contribution < 1.29 is 19.1 Å². The zero-order valence-corrected chi connectivity index (χ0v) is 11.3. The monoisotopic (exact) mass is 255 g/mol. The van der Waals surface area contributed by atoms with Crippen LogP contribution in [0.3, 0.4) is 0 Å². The number of methoxy groups -OCH3 is 1. The second kappa shape index (κ2) is 6.56. The molecule has 0 amide bonds. The summed E-state index contributed by atoms with van der Waals surface area (Å²) in [6.45, 7) is 6.04. The molecular formula is C13H21NO4. The van der Waals surface area contributed by atoms with Crippen molar-refractivity contribution in [1.82, 2.24) is 5.32 Å². The summed E-state index contributed by atoms with van der Waals surface area (Å²) in [5.41, 5.74) is 0. The van der Waals surface area contributed by atoms with E-state index in [1.54, 1.807) is 12.1 Å². The van der Waals surface area contributed by atoms with Crippen molar-refractivity contribution in [3.63, 3.8) is 0 Å². The van der Waals surface area contributed by atoms with E-state index in [4.69, 9.17) is 4.42 Å². The average Bonchev–Trinajstić information content (AvgIpc) is 2.83. The Morgan fingerprint density at radius 2 is 2.11 bits per heavy atom. The van der Waals surface area contributed by atoms with Gasteiger partial charge in [0, 0.05) is 6.04 Å². The minimum absolute atomic E-state index is 0.00771. The Bertz CT molecular complexity index is 386. The fraction of sp³-hybridized carbons (Fsp3) is 0.615. The third kappa shape index (κ3) is 3.58. The molecule has 2 unspecified atom stereocenters. The Morgan fingerprint density at radius 3 is 2.61 bits per heavy atom. The molecule has 1 heterocycles. The number of hydrogen-bond acceptors (Lipinski definition) is 5. The summed E-state index contributed by atoms with van der Waals surface area (Å²) >= 11 is 0. The summed E-state index contributed by atoms with van der Waals surface area (Å²) in [5, 5.41) is 12.5. The Hall–Kier alpha value is -1.33. The number of carbonyl (C=O) groups excluding carboxylic acids is 1. The molecule has 5 heteroatoms. The van der Waals surface area contributed by atoms with Crippen molar-refractivity contribution in [3.8, 4) is 0 Å². The van der Waals surface area contributed by atoms with Gasteiger partial charge in [-0.1, -0.05) is 13.8 Å². The molecule has 1 rings (SSSR count). The van der Waals surface area contributed by atoms with Crippen LogP contribution in [0.15, 0.2) is 16.5 Å². The van der Waals surface area contributed by atoms with Gasteiger partial charge in [-0.15, -0.1) is 0 Å². The van der Waals surface area contributed by atoms with Crippen LogP contribution in [0, 0.1) is 5.92 Å². The fourth-order valence-electron chi connectivity index (χ4n) is 1.66. The van der Waals surface area contributed by atoms with E-state index >= 15 is 0 Å². The highest BCUT2D eigenvalue weighted by molar-refractivity contribution is 5.86. The van der Waals surface area contributed by atoms with Crippen LogP contribution >= 0.6 is 0 Å². The molecule has 1 aromatic heterocycles. The minimum atomic E-state index is -0.490. The number of aliphatic hydroxyl groups is 1. The predicted molar refractivity (Wildman–Crippen MR) is 67.3 cm³/mol. The van der Waals surface area contributed by atoms with E-state index in [-0.39, 0.29) is 24.5 Å². The van der Waals surface area contributed by atoms with Gasteiger partial charge >= 0.3 is 5.97 Å². The second-order valence-electron chi connectivity index (χ2n) is 4.62. The molecule has 2 atom stereocenters. The molecule has 0 fully saturated rings. The third-order valence-electron chi connectivity index (χ3n) is 2.91. The third-order valence-corrected chi connectivity index (χ3v) is 2.91. The molecule has 18 heavy (non-hydrogen) atoms. The highest BCUT2D eigenvalue weighted by Gasteiger charge is 2.19. The van der Waals surface area contributed by atoms with Crippen molar-refractivity contribution in [1.29, 1.82) is 0 Å². The number of ether oxygens (including phenoxy) is 1. The Labute approximate surface area is 107 Å². The molecule has 5 nitrogen and oxygen atoms in total. The molecule has 2 N–H and O–H groups in total. The van der Waals surface area contributed by atoms with Crippen LogP contribution in [0.4, 0.5) is 0 Å². The molecule has 0 aromatic carbocycles. The fourth-order valence-corrected chi connectivity index (χ4v) is 1.66. The predicted octanol–water partition coefficient (Wildman–Crippen LogP) is 1.73. The molecule has 0 bridgehead atoms. The van der Waals surface area contributed by atoms with Gasteiger partial charge in [0.05, 0.1) is 19.8 Å². The maximum atomic E-state index is 11.3. The first-order valence-corrected chi connectivity index (χ1v) is 6.04. The van der Waals surface area contributed by atoms with Gasteiger partial charge < -0.3 is 19.6 Å². The number of carbonyl (C=O) groups is 1. The van der Waals surface area contributed by atoms with Crippen LogP contribution in [0.5, 0.6) is 0 Å². The SMILES string of the molecule is COC(=O)c1ccc(C(C)NC(CO)C(C)C)o1. The maximum absolute atomic E-state index is 11.3. The van der Waals surface area contributed by atoms with E-state index in [1.165, 1.54) is 7.11 Å². The number of rotatable bonds is 6. The Kier molecular flexibility index (Phi) is 5.37. The van der Waals surface area contributed by atoms with Crippen LogP contribution in [0.25, 0.3) is 0 Å². The van der Waals surface area contributed by atoms with Gasteiger partial charge in [-0.3, -0.25) is 0 Å². The molecule has 0 aliphatic rings. The summed E-state index contributed by atoms with van der Waals surface area (Å²) in [6, 6.07) is 3.23. The van der Waals surface area contributed by atoms with Crippen molar-refractivity contribution >= 4 is 5.97 Å². The van der Waals surface area contributed by atoms with Crippen molar-refractivity contribution in [2.24, 2.45) is 5.92 Å². The van der Waals surface area contributed by atoms with Crippen LogP contribution in [0.2, 0.25) is 0 Å². The van der Waals surface area contributed by atoms with Crippen molar-refractivity contribution in [3.05, 3.63) is 23.7 Å². The molecular weight excluding hydrogens is 234 g/mol. The van der Waals surface area contributed by atoms with E-state index in [0.717, 1.165) is 0 Å². The summed E-state index contributed by atoms with van der Waals surface area (Å²) in [6.07, 6.45) is 0. The average molecular weight is 255 g/mol. The van der Waals surface area contributed by atoms with Crippen LogP contribution < -0.4 is 5.32 Å². The van der Waals surface area contributed by atoms with Gasteiger partial charge in [-0.05, 0) is 25.0 Å². The normalized spacial score (nSPS) is 14.6. The quantitative estimate of drug-likeness (QED) is 0.757. The Morgan fingerprint density at radius 1 is 1.44 bits per heavy atom. The second-order valence-corrected chi connectivity index (χ2v) is 4.62. The lowest BCUT2D eigenvalue weighted by Crippen LogP contribution is -2.38. The number of nitrogens with one attached hydrogen (secondary N) is 1. The first kappa shape index (κ1) is 14.7. The Balaban J connectivity index is 2.69. The zero-order chi connectivity index (χ0) is 13.7. The van der Waals surface area contributed by atoms with Gasteiger partial charge in [0.2, 0.25) is 5.76 Å². The van der Waals surface area contributed by atoms with Gasteiger partial charge in [-0.25, -0.2) is 4.79 Å². The number of aliphatic hydroxyl groups excluding tert-OH is 1. The summed E-state index contributed by atoms with van der Waals surface area (Å²) in [7, 11) is 1.31. The van der Waals surface area contributed by atoms with Gasteiger partial charge in [0.25, 0.3) is 0 Å². The topological polar surface area (TPSA) is 71.7 Å². The lowest BCUT2D eigenvalue weighted by Gasteiger charge is -2.23.